The van der Waals surface area contributed by atoms with Crippen LogP contribution in [0.25, 0.3) is 0 Å². The van der Waals surface area contributed by atoms with Gasteiger partial charge in [0.05, 0.1) is 13.2 Å². The fourth-order valence-electron chi connectivity index (χ4n) is 3.54. The predicted molar refractivity (Wildman–Crippen MR) is 73.8 cm³/mol. The zero-order valence-corrected chi connectivity index (χ0v) is 11.6. The maximum atomic E-state index is 12.0. The van der Waals surface area contributed by atoms with Gasteiger partial charge in [-0.2, -0.15) is 0 Å². The van der Waals surface area contributed by atoms with Crippen molar-refractivity contribution in [3.8, 4) is 0 Å². The van der Waals surface area contributed by atoms with E-state index in [9.17, 15) is 4.79 Å². The average Bonchev–Trinajstić information content (AvgIpc) is 2.66. The van der Waals surface area contributed by atoms with Gasteiger partial charge in [0.15, 0.2) is 0 Å². The summed E-state index contributed by atoms with van der Waals surface area (Å²) in [5.74, 6) is 0.723. The van der Waals surface area contributed by atoms with Crippen LogP contribution >= 0.6 is 0 Å². The van der Waals surface area contributed by atoms with Crippen LogP contribution < -0.4 is 5.32 Å². The summed E-state index contributed by atoms with van der Waals surface area (Å²) < 4.78 is 5.80. The zero-order valence-electron chi connectivity index (χ0n) is 11.6. The van der Waals surface area contributed by atoms with E-state index in [4.69, 9.17) is 4.74 Å². The van der Waals surface area contributed by atoms with Crippen LogP contribution in [-0.2, 0) is 21.6 Å². The lowest BCUT2D eigenvalue weighted by Gasteiger charge is -2.39. The molecule has 0 aromatic heterocycles. The van der Waals surface area contributed by atoms with Crippen LogP contribution in [0.3, 0.4) is 0 Å². The minimum atomic E-state index is -0.157. The molecule has 1 fully saturated rings. The van der Waals surface area contributed by atoms with Gasteiger partial charge < -0.3 is 10.1 Å². The Morgan fingerprint density at radius 1 is 1.42 bits per heavy atom. The second kappa shape index (κ2) is 4.64. The van der Waals surface area contributed by atoms with Crippen molar-refractivity contribution >= 4 is 5.91 Å². The highest BCUT2D eigenvalue weighted by Crippen LogP contribution is 2.43. The summed E-state index contributed by atoms with van der Waals surface area (Å²) in [4.78, 5) is 12.0. The molecule has 1 aromatic rings. The second-order valence-electron chi connectivity index (χ2n) is 6.23. The van der Waals surface area contributed by atoms with Gasteiger partial charge in [0.2, 0.25) is 5.91 Å². The molecule has 3 nitrogen and oxygen atoms in total. The molecule has 1 aromatic carbocycles. The van der Waals surface area contributed by atoms with Crippen LogP contribution in [0.4, 0.5) is 0 Å². The maximum Gasteiger partial charge on any atom is 0.221 e. The Morgan fingerprint density at radius 2 is 2.21 bits per heavy atom. The molecule has 2 unspecified atom stereocenters. The van der Waals surface area contributed by atoms with Gasteiger partial charge in [0, 0.05) is 17.9 Å². The molecule has 2 aliphatic heterocycles. The summed E-state index contributed by atoms with van der Waals surface area (Å²) in [6.07, 6.45) is 1.56. The number of rotatable bonds is 2. The van der Waals surface area contributed by atoms with Crippen molar-refractivity contribution in [2.45, 2.75) is 44.8 Å². The third-order valence-corrected chi connectivity index (χ3v) is 4.36. The molecular formula is C16H21NO2. The van der Waals surface area contributed by atoms with Crippen LogP contribution in [0, 0.1) is 5.92 Å². The van der Waals surface area contributed by atoms with E-state index in [2.05, 4.69) is 37.4 Å². The van der Waals surface area contributed by atoms with Gasteiger partial charge in [0.1, 0.15) is 0 Å². The Hall–Kier alpha value is -1.35. The minimum absolute atomic E-state index is 0.157. The van der Waals surface area contributed by atoms with E-state index in [1.165, 1.54) is 11.1 Å². The number of benzene rings is 1. The first kappa shape index (κ1) is 12.7. The summed E-state index contributed by atoms with van der Waals surface area (Å²) >= 11 is 0. The minimum Gasteiger partial charge on any atom is -0.376 e. The standard InChI is InChI=1S/C16H21NO2/c1-11(2)7-14-16(8-15(18)17-14)10-19-9-12-5-3-4-6-13(12)16/h3-6,11,14H,7-10H2,1-2H3,(H,17,18). The van der Waals surface area contributed by atoms with Gasteiger partial charge >= 0.3 is 0 Å². The first-order valence-corrected chi connectivity index (χ1v) is 7.07. The summed E-state index contributed by atoms with van der Waals surface area (Å²) in [6, 6.07) is 8.60. The molecule has 1 spiro atoms. The highest BCUT2D eigenvalue weighted by atomic mass is 16.5. The van der Waals surface area contributed by atoms with Crippen LogP contribution in [0.15, 0.2) is 24.3 Å². The Balaban J connectivity index is 2.04. The molecule has 0 bridgehead atoms. The van der Waals surface area contributed by atoms with E-state index >= 15 is 0 Å². The Kier molecular flexibility index (Phi) is 3.09. The normalized spacial score (nSPS) is 29.6. The molecule has 3 rings (SSSR count). The number of fused-ring (bicyclic) bond motifs is 2. The van der Waals surface area contributed by atoms with Gasteiger partial charge in [-0.3, -0.25) is 4.79 Å². The Morgan fingerprint density at radius 3 is 3.00 bits per heavy atom. The summed E-state index contributed by atoms with van der Waals surface area (Å²) in [7, 11) is 0. The monoisotopic (exact) mass is 259 g/mol. The van der Waals surface area contributed by atoms with Crippen molar-refractivity contribution in [3.63, 3.8) is 0 Å². The number of nitrogens with one attached hydrogen (secondary N) is 1. The highest BCUT2D eigenvalue weighted by Gasteiger charge is 2.50. The lowest BCUT2D eigenvalue weighted by Crippen LogP contribution is -2.47. The fraction of sp³-hybridized carbons (Fsp3) is 0.562. The number of carbonyl (C=O) groups is 1. The Bertz CT molecular complexity index is 497. The number of hydrogen-bond donors (Lipinski definition) is 1. The smallest absolute Gasteiger partial charge is 0.221 e. The first-order valence-electron chi connectivity index (χ1n) is 7.07. The molecule has 3 heteroatoms. The van der Waals surface area contributed by atoms with Crippen molar-refractivity contribution in [1.29, 1.82) is 0 Å². The van der Waals surface area contributed by atoms with E-state index in [1.807, 2.05) is 6.07 Å². The van der Waals surface area contributed by atoms with E-state index in [0.29, 0.717) is 25.6 Å². The largest absolute Gasteiger partial charge is 0.376 e. The third kappa shape index (κ3) is 2.06. The van der Waals surface area contributed by atoms with Crippen molar-refractivity contribution < 1.29 is 9.53 Å². The highest BCUT2D eigenvalue weighted by molar-refractivity contribution is 5.82. The number of amides is 1. The SMILES string of the molecule is CC(C)CC1NC(=O)CC12COCc1ccccc12. The molecule has 2 atom stereocenters. The second-order valence-corrected chi connectivity index (χ2v) is 6.23. The molecular weight excluding hydrogens is 238 g/mol. The fourth-order valence-corrected chi connectivity index (χ4v) is 3.54. The van der Waals surface area contributed by atoms with Crippen LogP contribution in [0.5, 0.6) is 0 Å². The topological polar surface area (TPSA) is 38.3 Å². The molecule has 2 heterocycles. The lowest BCUT2D eigenvalue weighted by molar-refractivity contribution is -0.119. The summed E-state index contributed by atoms with van der Waals surface area (Å²) in [6.45, 7) is 5.72. The van der Waals surface area contributed by atoms with Gasteiger partial charge in [-0.25, -0.2) is 0 Å². The van der Waals surface area contributed by atoms with Gasteiger partial charge in [-0.05, 0) is 23.5 Å². The molecule has 0 aliphatic carbocycles. The van der Waals surface area contributed by atoms with Crippen LogP contribution in [0.2, 0.25) is 0 Å². The van der Waals surface area contributed by atoms with Crippen molar-refractivity contribution in [3.05, 3.63) is 35.4 Å². The zero-order chi connectivity index (χ0) is 13.5. The maximum absolute atomic E-state index is 12.0. The van der Waals surface area contributed by atoms with E-state index < -0.39 is 0 Å². The molecule has 1 N–H and O–H groups in total. The Labute approximate surface area is 114 Å². The predicted octanol–water partition coefficient (Wildman–Crippen LogP) is 2.39. The molecule has 102 valence electrons. The quantitative estimate of drug-likeness (QED) is 0.885. The lowest BCUT2D eigenvalue weighted by atomic mass is 9.70. The van der Waals surface area contributed by atoms with Gasteiger partial charge in [0.25, 0.3) is 0 Å². The van der Waals surface area contributed by atoms with Gasteiger partial charge in [-0.1, -0.05) is 38.1 Å². The number of ether oxygens (including phenoxy) is 1. The molecule has 2 aliphatic rings. The van der Waals surface area contributed by atoms with E-state index in [-0.39, 0.29) is 17.4 Å². The number of hydrogen-bond acceptors (Lipinski definition) is 2. The van der Waals surface area contributed by atoms with E-state index in [0.717, 1.165) is 6.42 Å². The molecule has 1 amide bonds. The van der Waals surface area contributed by atoms with Crippen molar-refractivity contribution in [2.75, 3.05) is 6.61 Å². The number of carbonyl (C=O) groups excluding carboxylic acids is 1. The molecule has 19 heavy (non-hydrogen) atoms. The van der Waals surface area contributed by atoms with Crippen molar-refractivity contribution in [2.24, 2.45) is 5.92 Å². The van der Waals surface area contributed by atoms with E-state index in [1.54, 1.807) is 0 Å². The first-order chi connectivity index (χ1) is 9.12. The molecule has 0 radical (unpaired) electrons. The molecule has 1 saturated heterocycles. The van der Waals surface area contributed by atoms with Crippen LogP contribution in [0.1, 0.15) is 37.8 Å². The summed E-state index contributed by atoms with van der Waals surface area (Å²) in [5, 5.41) is 3.17. The van der Waals surface area contributed by atoms with Crippen LogP contribution in [-0.4, -0.2) is 18.6 Å². The molecule has 0 saturated carbocycles. The van der Waals surface area contributed by atoms with Gasteiger partial charge in [-0.15, -0.1) is 0 Å². The average molecular weight is 259 g/mol. The summed E-state index contributed by atoms with van der Waals surface area (Å²) in [5.41, 5.74) is 2.39. The third-order valence-electron chi connectivity index (χ3n) is 4.36. The van der Waals surface area contributed by atoms with Crippen molar-refractivity contribution in [1.82, 2.24) is 5.32 Å².